The minimum Gasteiger partial charge on any atom is -0.339 e. The molecule has 1 unspecified atom stereocenters. The van der Waals surface area contributed by atoms with E-state index in [1.165, 1.54) is 0 Å². The lowest BCUT2D eigenvalue weighted by Gasteiger charge is -2.35. The van der Waals surface area contributed by atoms with Gasteiger partial charge in [-0.25, -0.2) is 8.42 Å². The van der Waals surface area contributed by atoms with Crippen molar-refractivity contribution in [3.05, 3.63) is 42.0 Å². The van der Waals surface area contributed by atoms with E-state index in [0.29, 0.717) is 32.6 Å². The summed E-state index contributed by atoms with van der Waals surface area (Å²) in [5, 5.41) is 0. The highest BCUT2D eigenvalue weighted by molar-refractivity contribution is 7.91. The second kappa shape index (κ2) is 7.61. The van der Waals surface area contributed by atoms with Gasteiger partial charge in [-0.3, -0.25) is 9.59 Å². The molecule has 0 bridgehead atoms. The Kier molecular flexibility index (Phi) is 5.46. The Morgan fingerprint density at radius 2 is 1.65 bits per heavy atom. The van der Waals surface area contributed by atoms with Crippen molar-refractivity contribution in [1.29, 1.82) is 0 Å². The topological polar surface area (TPSA) is 74.8 Å². The predicted molar refractivity (Wildman–Crippen MR) is 100 cm³/mol. The second-order valence-electron chi connectivity index (χ2n) is 6.94. The molecule has 2 aliphatic heterocycles. The molecule has 1 aromatic rings. The molecule has 0 aliphatic carbocycles. The highest BCUT2D eigenvalue weighted by Crippen LogP contribution is 2.21. The Bertz CT molecular complexity index is 809. The summed E-state index contributed by atoms with van der Waals surface area (Å²) in [6.45, 7) is 3.78. The molecular formula is C19H24N2O4S. The van der Waals surface area contributed by atoms with Crippen LogP contribution in [0.5, 0.6) is 0 Å². The largest absolute Gasteiger partial charge is 0.339 e. The van der Waals surface area contributed by atoms with Crippen molar-refractivity contribution in [3.8, 4) is 0 Å². The van der Waals surface area contributed by atoms with E-state index < -0.39 is 15.8 Å². The van der Waals surface area contributed by atoms with Crippen molar-refractivity contribution in [1.82, 2.24) is 9.80 Å². The molecule has 2 heterocycles. The summed E-state index contributed by atoms with van der Waals surface area (Å²) in [6, 6.07) is 9.73. The monoisotopic (exact) mass is 376 g/mol. The molecule has 1 aromatic carbocycles. The molecule has 6 nitrogen and oxygen atoms in total. The summed E-state index contributed by atoms with van der Waals surface area (Å²) in [7, 11) is -3.06. The van der Waals surface area contributed by atoms with Crippen LogP contribution >= 0.6 is 0 Å². The van der Waals surface area contributed by atoms with Crippen molar-refractivity contribution in [2.45, 2.75) is 13.3 Å². The molecule has 0 spiro atoms. The Morgan fingerprint density at radius 1 is 1.04 bits per heavy atom. The first kappa shape index (κ1) is 18.6. The number of piperazine rings is 1. The zero-order valence-corrected chi connectivity index (χ0v) is 15.7. The first-order valence-corrected chi connectivity index (χ1v) is 10.7. The van der Waals surface area contributed by atoms with Crippen LogP contribution in [0.3, 0.4) is 0 Å². The minimum absolute atomic E-state index is 0.0377. The van der Waals surface area contributed by atoms with Gasteiger partial charge in [-0.05, 0) is 24.5 Å². The number of amides is 2. The highest BCUT2D eigenvalue weighted by atomic mass is 32.2. The van der Waals surface area contributed by atoms with Gasteiger partial charge in [0.15, 0.2) is 9.84 Å². The van der Waals surface area contributed by atoms with Crippen LogP contribution in [0.25, 0.3) is 5.57 Å². The third kappa shape index (κ3) is 4.33. The van der Waals surface area contributed by atoms with E-state index in [9.17, 15) is 18.0 Å². The van der Waals surface area contributed by atoms with Gasteiger partial charge in [0.05, 0.1) is 17.4 Å². The molecule has 2 saturated heterocycles. The quantitative estimate of drug-likeness (QED) is 0.743. The van der Waals surface area contributed by atoms with Crippen LogP contribution in [0.4, 0.5) is 0 Å². The van der Waals surface area contributed by atoms with E-state index >= 15 is 0 Å². The number of hydrogen-bond acceptors (Lipinski definition) is 4. The second-order valence-corrected chi connectivity index (χ2v) is 9.17. The number of allylic oxidation sites excluding steroid dienone is 1. The summed E-state index contributed by atoms with van der Waals surface area (Å²) in [4.78, 5) is 28.4. The first-order chi connectivity index (χ1) is 12.4. The van der Waals surface area contributed by atoms with Gasteiger partial charge in [0.2, 0.25) is 11.8 Å². The van der Waals surface area contributed by atoms with Crippen LogP contribution in [-0.2, 0) is 19.4 Å². The van der Waals surface area contributed by atoms with E-state index in [4.69, 9.17) is 0 Å². The maximum absolute atomic E-state index is 12.5. The summed E-state index contributed by atoms with van der Waals surface area (Å²) in [5.74, 6) is -0.492. The third-order valence-electron chi connectivity index (χ3n) is 5.05. The summed E-state index contributed by atoms with van der Waals surface area (Å²) in [5.41, 5.74) is 1.92. The first-order valence-electron chi connectivity index (χ1n) is 8.87. The number of carbonyl (C=O) groups is 2. The van der Waals surface area contributed by atoms with Crippen LogP contribution in [0.1, 0.15) is 18.9 Å². The van der Waals surface area contributed by atoms with Gasteiger partial charge in [-0.1, -0.05) is 30.3 Å². The number of rotatable bonds is 3. The molecule has 140 valence electrons. The normalized spacial score (nSPS) is 23.1. The smallest absolute Gasteiger partial charge is 0.246 e. The van der Waals surface area contributed by atoms with Gasteiger partial charge in [0.1, 0.15) is 0 Å². The molecular weight excluding hydrogens is 352 g/mol. The van der Waals surface area contributed by atoms with Gasteiger partial charge in [-0.15, -0.1) is 0 Å². The van der Waals surface area contributed by atoms with Crippen LogP contribution in [0, 0.1) is 5.92 Å². The fourth-order valence-electron chi connectivity index (χ4n) is 3.46. The van der Waals surface area contributed by atoms with Crippen LogP contribution in [0.2, 0.25) is 0 Å². The molecule has 0 aromatic heterocycles. The van der Waals surface area contributed by atoms with Crippen LogP contribution in [-0.4, -0.2) is 67.7 Å². The highest BCUT2D eigenvalue weighted by Gasteiger charge is 2.36. The predicted octanol–water partition coefficient (Wildman–Crippen LogP) is 1.20. The van der Waals surface area contributed by atoms with Crippen molar-refractivity contribution in [2.75, 3.05) is 37.7 Å². The molecule has 2 fully saturated rings. The fraction of sp³-hybridized carbons (Fsp3) is 0.474. The molecule has 7 heteroatoms. The lowest BCUT2D eigenvalue weighted by Crippen LogP contribution is -2.51. The number of benzene rings is 1. The molecule has 1 atom stereocenters. The SMILES string of the molecule is C/C(=C\C(=O)N1CCN(C(=O)C2CCS(=O)(=O)C2)CC1)c1ccccc1. The lowest BCUT2D eigenvalue weighted by atomic mass is 10.1. The van der Waals surface area contributed by atoms with Crippen molar-refractivity contribution < 1.29 is 18.0 Å². The number of hydrogen-bond donors (Lipinski definition) is 0. The number of sulfone groups is 1. The average molecular weight is 376 g/mol. The van der Waals surface area contributed by atoms with E-state index in [2.05, 4.69) is 0 Å². The maximum Gasteiger partial charge on any atom is 0.246 e. The third-order valence-corrected chi connectivity index (χ3v) is 6.82. The van der Waals surface area contributed by atoms with Gasteiger partial charge in [-0.2, -0.15) is 0 Å². The summed E-state index contributed by atoms with van der Waals surface area (Å²) in [6.07, 6.45) is 2.05. The van der Waals surface area contributed by atoms with Crippen LogP contribution in [0.15, 0.2) is 36.4 Å². The number of carbonyl (C=O) groups excluding carboxylic acids is 2. The van der Waals surface area contributed by atoms with Gasteiger partial charge in [0.25, 0.3) is 0 Å². The van der Waals surface area contributed by atoms with Gasteiger partial charge < -0.3 is 9.80 Å². The van der Waals surface area contributed by atoms with Gasteiger partial charge in [0, 0.05) is 32.3 Å². The zero-order chi connectivity index (χ0) is 18.7. The number of nitrogens with zero attached hydrogens (tertiary/aromatic N) is 2. The summed E-state index contributed by atoms with van der Waals surface area (Å²) >= 11 is 0. The van der Waals surface area contributed by atoms with E-state index in [-0.39, 0.29) is 23.3 Å². The van der Waals surface area contributed by atoms with E-state index in [1.807, 2.05) is 37.3 Å². The Labute approximate surface area is 154 Å². The Balaban J connectivity index is 1.55. The van der Waals surface area contributed by atoms with Crippen molar-refractivity contribution in [2.24, 2.45) is 5.92 Å². The van der Waals surface area contributed by atoms with Crippen molar-refractivity contribution >= 4 is 27.2 Å². The van der Waals surface area contributed by atoms with Crippen LogP contribution < -0.4 is 0 Å². The molecule has 26 heavy (non-hydrogen) atoms. The molecule has 3 rings (SSSR count). The standard InChI is InChI=1S/C19H24N2O4S/c1-15(16-5-3-2-4-6-16)13-18(22)20-8-10-21(11-9-20)19(23)17-7-12-26(24,25)14-17/h2-6,13,17H,7-12,14H2,1H3/b15-13+. The Morgan fingerprint density at radius 3 is 2.23 bits per heavy atom. The molecule has 0 saturated carbocycles. The maximum atomic E-state index is 12.5. The Hall–Kier alpha value is -2.15. The molecule has 0 radical (unpaired) electrons. The molecule has 2 aliphatic rings. The average Bonchev–Trinajstić information content (AvgIpc) is 3.01. The minimum atomic E-state index is -3.06. The zero-order valence-electron chi connectivity index (χ0n) is 14.9. The molecule has 0 N–H and O–H groups in total. The van der Waals surface area contributed by atoms with E-state index in [0.717, 1.165) is 11.1 Å². The lowest BCUT2D eigenvalue weighted by molar-refractivity contribution is -0.139. The fourth-order valence-corrected chi connectivity index (χ4v) is 5.19. The summed E-state index contributed by atoms with van der Waals surface area (Å²) < 4.78 is 23.1. The molecule has 2 amide bonds. The van der Waals surface area contributed by atoms with Gasteiger partial charge >= 0.3 is 0 Å². The van der Waals surface area contributed by atoms with E-state index in [1.54, 1.807) is 15.9 Å². The van der Waals surface area contributed by atoms with Crippen molar-refractivity contribution in [3.63, 3.8) is 0 Å².